The molecule has 2 aliphatic rings. The molecule has 0 spiro atoms. The third kappa shape index (κ3) is 7.33. The summed E-state index contributed by atoms with van der Waals surface area (Å²) >= 11 is 14.1. The lowest BCUT2D eigenvalue weighted by atomic mass is 9.98. The van der Waals surface area contributed by atoms with Gasteiger partial charge in [-0.1, -0.05) is 53.5 Å². The van der Waals surface area contributed by atoms with E-state index >= 15 is 0 Å². The Balaban J connectivity index is 1.19. The highest BCUT2D eigenvalue weighted by atomic mass is 35.5. The first kappa shape index (κ1) is 33.8. The maximum absolute atomic E-state index is 13.1. The molecule has 4 N–H and O–H groups in total. The highest BCUT2D eigenvalue weighted by molar-refractivity contribution is 6.39. The van der Waals surface area contributed by atoms with Gasteiger partial charge in [0.15, 0.2) is 0 Å². The van der Waals surface area contributed by atoms with E-state index in [-0.39, 0.29) is 17.9 Å². The lowest BCUT2D eigenvalue weighted by molar-refractivity contribution is -0.119. The molecule has 6 rings (SSSR count). The van der Waals surface area contributed by atoms with Crippen LogP contribution in [0.4, 0.5) is 0 Å². The van der Waals surface area contributed by atoms with Crippen molar-refractivity contribution in [3.05, 3.63) is 87.5 Å². The van der Waals surface area contributed by atoms with E-state index in [4.69, 9.17) is 32.9 Å². The average molecular weight is 690 g/mol. The van der Waals surface area contributed by atoms with Gasteiger partial charge in [-0.25, -0.2) is 4.98 Å². The van der Waals surface area contributed by atoms with Gasteiger partial charge in [-0.2, -0.15) is 0 Å². The minimum atomic E-state index is -0.458. The Morgan fingerprint density at radius 1 is 1.04 bits per heavy atom. The number of fused-ring (bicyclic) bond motifs is 1. The number of ether oxygens (including phenoxy) is 1. The number of methoxy groups -OCH3 is 1. The van der Waals surface area contributed by atoms with Gasteiger partial charge >= 0.3 is 0 Å². The van der Waals surface area contributed by atoms with E-state index in [1.165, 1.54) is 0 Å². The van der Waals surface area contributed by atoms with E-state index in [9.17, 15) is 14.7 Å². The van der Waals surface area contributed by atoms with E-state index < -0.39 is 6.10 Å². The van der Waals surface area contributed by atoms with Crippen molar-refractivity contribution in [2.24, 2.45) is 0 Å². The first-order chi connectivity index (χ1) is 23.2. The van der Waals surface area contributed by atoms with Crippen molar-refractivity contribution in [3.8, 4) is 39.5 Å². The second kappa shape index (κ2) is 15.0. The quantitative estimate of drug-likeness (QED) is 0.143. The normalized spacial score (nSPS) is 16.3. The van der Waals surface area contributed by atoms with Gasteiger partial charge in [0.25, 0.3) is 5.91 Å². The minimum Gasteiger partial charge on any atom is -0.481 e. The van der Waals surface area contributed by atoms with Gasteiger partial charge in [0.1, 0.15) is 0 Å². The molecule has 250 valence electrons. The van der Waals surface area contributed by atoms with Crippen LogP contribution < -0.4 is 20.7 Å². The van der Waals surface area contributed by atoms with Crippen molar-refractivity contribution in [1.82, 2.24) is 30.8 Å². The first-order valence-corrected chi connectivity index (χ1v) is 16.8. The van der Waals surface area contributed by atoms with Crippen molar-refractivity contribution in [2.75, 3.05) is 33.3 Å². The number of aliphatic hydroxyl groups excluding tert-OH is 1. The van der Waals surface area contributed by atoms with Crippen molar-refractivity contribution < 1.29 is 19.4 Å². The zero-order valence-electron chi connectivity index (χ0n) is 26.9. The second-order valence-electron chi connectivity index (χ2n) is 12.1. The van der Waals surface area contributed by atoms with Gasteiger partial charge in [-0.05, 0) is 43.2 Å². The van der Waals surface area contributed by atoms with Crippen molar-refractivity contribution in [2.45, 2.75) is 45.0 Å². The molecule has 0 radical (unpaired) electrons. The maximum Gasteiger partial charge on any atom is 0.254 e. The fourth-order valence-corrected chi connectivity index (χ4v) is 6.81. The summed E-state index contributed by atoms with van der Waals surface area (Å²) < 4.78 is 5.57. The summed E-state index contributed by atoms with van der Waals surface area (Å²) in [5, 5.41) is 20.0. The minimum absolute atomic E-state index is 0.00165. The molecule has 2 unspecified atom stereocenters. The lowest BCUT2D eigenvalue weighted by Gasteiger charge is -2.17. The van der Waals surface area contributed by atoms with Crippen LogP contribution in [0.2, 0.25) is 10.0 Å². The number of nitrogens with zero attached hydrogens (tertiary/aromatic N) is 3. The Kier molecular flexibility index (Phi) is 10.6. The molecule has 4 heterocycles. The van der Waals surface area contributed by atoms with E-state index in [1.54, 1.807) is 20.2 Å². The van der Waals surface area contributed by atoms with E-state index in [0.717, 1.165) is 39.8 Å². The summed E-state index contributed by atoms with van der Waals surface area (Å²) in [5.41, 5.74) is 6.71. The van der Waals surface area contributed by atoms with Gasteiger partial charge in [-0.3, -0.25) is 14.6 Å². The Morgan fingerprint density at radius 3 is 2.62 bits per heavy atom. The van der Waals surface area contributed by atoms with Crippen molar-refractivity contribution in [3.63, 3.8) is 0 Å². The molecule has 2 amide bonds. The molecule has 4 aromatic rings. The molecule has 2 aliphatic heterocycles. The SMILES string of the molecule is COc1nc(-c2cccc(-c3ccnc(-c4ccc5c(c4)CN(CCNCC4CCC(=O)N4)C5=O)c3Cl)c2Cl)ccc1CNCC(C)O. The van der Waals surface area contributed by atoms with Crippen molar-refractivity contribution >= 4 is 35.0 Å². The van der Waals surface area contributed by atoms with E-state index in [2.05, 4.69) is 20.9 Å². The maximum atomic E-state index is 13.1. The summed E-state index contributed by atoms with van der Waals surface area (Å²) in [6.45, 7) is 5.08. The predicted octanol–water partition coefficient (Wildman–Crippen LogP) is 5.09. The largest absolute Gasteiger partial charge is 0.481 e. The van der Waals surface area contributed by atoms with Gasteiger partial charge in [0, 0.05) is 91.3 Å². The van der Waals surface area contributed by atoms with Crippen LogP contribution in [-0.2, 0) is 17.9 Å². The topological polar surface area (TPSA) is 129 Å². The number of carbonyl (C=O) groups excluding carboxylic acids is 2. The zero-order valence-corrected chi connectivity index (χ0v) is 28.4. The standard InChI is InChI=1S/C36H38Cl2N6O4/c1-21(45)17-40-18-23-7-10-30(43-35(23)48-2)29-5-3-4-27(32(29)37)28-12-13-41-34(33(28)38)22-6-9-26-24(16-22)20-44(36(26)47)15-14-39-19-25-8-11-31(46)42-25/h3-7,9-10,12-13,16,21,25,39-40,45H,8,11,14-15,17-20H2,1-2H3,(H,42,46). The predicted molar refractivity (Wildman–Crippen MR) is 187 cm³/mol. The zero-order chi connectivity index (χ0) is 33.8. The highest BCUT2D eigenvalue weighted by Gasteiger charge is 2.28. The number of benzene rings is 2. The number of aromatic nitrogens is 2. The number of nitrogens with one attached hydrogen (secondary N) is 3. The number of pyridine rings is 2. The van der Waals surface area contributed by atoms with Crippen LogP contribution in [0, 0.1) is 0 Å². The smallest absolute Gasteiger partial charge is 0.254 e. The Morgan fingerprint density at radius 2 is 1.85 bits per heavy atom. The number of amides is 2. The molecule has 1 saturated heterocycles. The summed E-state index contributed by atoms with van der Waals surface area (Å²) in [7, 11) is 1.57. The molecule has 48 heavy (non-hydrogen) atoms. The molecule has 1 fully saturated rings. The molecule has 10 nitrogen and oxygen atoms in total. The fraction of sp³-hybridized carbons (Fsp3) is 0.333. The van der Waals surface area contributed by atoms with Gasteiger partial charge in [-0.15, -0.1) is 0 Å². The second-order valence-corrected chi connectivity index (χ2v) is 12.9. The van der Waals surface area contributed by atoms with Gasteiger partial charge in [0.05, 0.1) is 34.6 Å². The molecule has 0 aliphatic carbocycles. The van der Waals surface area contributed by atoms with E-state index in [0.29, 0.717) is 78.6 Å². The number of hydrogen-bond acceptors (Lipinski definition) is 8. The fourth-order valence-electron chi connectivity index (χ4n) is 6.17. The third-order valence-electron chi connectivity index (χ3n) is 8.63. The molecular weight excluding hydrogens is 651 g/mol. The Hall–Kier alpha value is -4.06. The monoisotopic (exact) mass is 688 g/mol. The lowest BCUT2D eigenvalue weighted by Crippen LogP contribution is -2.39. The van der Waals surface area contributed by atoms with Crippen LogP contribution in [0.3, 0.4) is 0 Å². The molecule has 0 saturated carbocycles. The molecule has 0 bridgehead atoms. The number of hydrogen-bond donors (Lipinski definition) is 4. The molecule has 2 aromatic heterocycles. The third-order valence-corrected chi connectivity index (χ3v) is 9.42. The summed E-state index contributed by atoms with van der Waals surface area (Å²) in [6.07, 6.45) is 2.66. The molecule has 12 heteroatoms. The number of halogens is 2. The molecule has 2 aromatic carbocycles. The Bertz CT molecular complexity index is 1830. The van der Waals surface area contributed by atoms with Crippen LogP contribution in [0.5, 0.6) is 5.88 Å². The summed E-state index contributed by atoms with van der Waals surface area (Å²) in [4.78, 5) is 35.7. The van der Waals surface area contributed by atoms with Crippen molar-refractivity contribution in [1.29, 1.82) is 0 Å². The summed E-state index contributed by atoms with van der Waals surface area (Å²) in [5.74, 6) is 0.567. The van der Waals surface area contributed by atoms with Gasteiger partial charge < -0.3 is 30.7 Å². The number of rotatable bonds is 13. The number of carbonyl (C=O) groups is 2. The molecule has 2 atom stereocenters. The summed E-state index contributed by atoms with van der Waals surface area (Å²) in [6, 6.07) is 17.3. The van der Waals surface area contributed by atoms with Crippen LogP contribution in [-0.4, -0.2) is 77.2 Å². The van der Waals surface area contributed by atoms with E-state index in [1.807, 2.05) is 59.5 Å². The van der Waals surface area contributed by atoms with Crippen LogP contribution in [0.1, 0.15) is 41.3 Å². The van der Waals surface area contributed by atoms with Crippen LogP contribution in [0.15, 0.2) is 60.8 Å². The van der Waals surface area contributed by atoms with Crippen LogP contribution >= 0.6 is 23.2 Å². The average Bonchev–Trinajstić information content (AvgIpc) is 3.64. The number of aliphatic hydroxyl groups is 1. The highest BCUT2D eigenvalue weighted by Crippen LogP contribution is 2.42. The van der Waals surface area contributed by atoms with Gasteiger partial charge in [0.2, 0.25) is 11.8 Å². The Labute approximate surface area is 289 Å². The first-order valence-electron chi connectivity index (χ1n) is 16.0. The van der Waals surface area contributed by atoms with Crippen LogP contribution in [0.25, 0.3) is 33.6 Å². The molecular formula is C36H38Cl2N6O4.